The van der Waals surface area contributed by atoms with E-state index < -0.39 is 0 Å². The lowest BCUT2D eigenvalue weighted by atomic mass is 10.0. The molecule has 2 rings (SSSR count). The number of nitrogens with two attached hydrogens (primary N) is 1. The Morgan fingerprint density at radius 2 is 1.68 bits per heavy atom. The Labute approximate surface area is 115 Å². The van der Waals surface area contributed by atoms with E-state index >= 15 is 0 Å². The molecule has 0 amide bonds. The van der Waals surface area contributed by atoms with Crippen molar-refractivity contribution in [3.8, 4) is 11.1 Å². The quantitative estimate of drug-likeness (QED) is 0.806. The van der Waals surface area contributed by atoms with Gasteiger partial charge in [0.25, 0.3) is 0 Å². The smallest absolute Gasteiger partial charge is 0.00625 e. The first-order valence-corrected chi connectivity index (χ1v) is 6.49. The molecule has 0 fully saturated rings. The standard InChI is InChI=1S/C18H19N/c1-15-7-5-10-17(13-15)18-11-6-9-16(14-18)8-3-2-4-12-19/h2-7,9-14H,8,19H2,1H3/b3-2-,12-4-. The molecule has 0 saturated carbocycles. The highest BCUT2D eigenvalue weighted by molar-refractivity contribution is 5.64. The second-order valence-corrected chi connectivity index (χ2v) is 4.59. The van der Waals surface area contributed by atoms with Crippen molar-refractivity contribution in [3.63, 3.8) is 0 Å². The second-order valence-electron chi connectivity index (χ2n) is 4.59. The van der Waals surface area contributed by atoms with Gasteiger partial charge in [0.05, 0.1) is 0 Å². The molecule has 0 aromatic heterocycles. The normalized spacial score (nSPS) is 11.4. The van der Waals surface area contributed by atoms with Crippen LogP contribution in [0.3, 0.4) is 0 Å². The van der Waals surface area contributed by atoms with Crippen molar-refractivity contribution >= 4 is 0 Å². The molecule has 0 atom stereocenters. The molecule has 0 heterocycles. The van der Waals surface area contributed by atoms with E-state index in [0.717, 1.165) is 6.42 Å². The number of hydrogen-bond acceptors (Lipinski definition) is 1. The molecule has 2 aromatic carbocycles. The van der Waals surface area contributed by atoms with Crippen molar-refractivity contribution in [1.29, 1.82) is 0 Å². The number of aryl methyl sites for hydroxylation is 1. The molecule has 0 bridgehead atoms. The highest BCUT2D eigenvalue weighted by Gasteiger charge is 1.98. The summed E-state index contributed by atoms with van der Waals surface area (Å²) in [6.45, 7) is 2.12. The van der Waals surface area contributed by atoms with Gasteiger partial charge in [-0.2, -0.15) is 0 Å². The number of rotatable bonds is 4. The van der Waals surface area contributed by atoms with E-state index in [9.17, 15) is 0 Å². The lowest BCUT2D eigenvalue weighted by molar-refractivity contribution is 1.27. The van der Waals surface area contributed by atoms with Gasteiger partial charge in [-0.3, -0.25) is 0 Å². The van der Waals surface area contributed by atoms with E-state index in [1.165, 1.54) is 22.3 Å². The van der Waals surface area contributed by atoms with E-state index in [4.69, 9.17) is 5.73 Å². The van der Waals surface area contributed by atoms with Crippen molar-refractivity contribution < 1.29 is 0 Å². The van der Waals surface area contributed by atoms with E-state index in [1.54, 1.807) is 6.20 Å². The van der Waals surface area contributed by atoms with Crippen LogP contribution in [0.4, 0.5) is 0 Å². The Bertz CT molecular complexity index is 594. The van der Waals surface area contributed by atoms with Crippen molar-refractivity contribution in [2.75, 3.05) is 0 Å². The van der Waals surface area contributed by atoms with Crippen molar-refractivity contribution in [2.24, 2.45) is 5.73 Å². The first-order chi connectivity index (χ1) is 9.29. The molecule has 0 aliphatic heterocycles. The van der Waals surface area contributed by atoms with Crippen LogP contribution in [0.5, 0.6) is 0 Å². The predicted octanol–water partition coefficient (Wildman–Crippen LogP) is 4.23. The zero-order chi connectivity index (χ0) is 13.5. The van der Waals surface area contributed by atoms with Gasteiger partial charge in [0.1, 0.15) is 0 Å². The highest BCUT2D eigenvalue weighted by Crippen LogP contribution is 2.21. The summed E-state index contributed by atoms with van der Waals surface area (Å²) >= 11 is 0. The van der Waals surface area contributed by atoms with Crippen LogP contribution in [-0.4, -0.2) is 0 Å². The molecule has 1 heteroatoms. The Morgan fingerprint density at radius 3 is 2.42 bits per heavy atom. The molecule has 0 aliphatic carbocycles. The maximum Gasteiger partial charge on any atom is -0.00625 e. The van der Waals surface area contributed by atoms with Crippen LogP contribution >= 0.6 is 0 Å². The average molecular weight is 249 g/mol. The number of allylic oxidation sites excluding steroid dienone is 3. The van der Waals surface area contributed by atoms with Crippen LogP contribution in [0.15, 0.2) is 73.0 Å². The summed E-state index contributed by atoms with van der Waals surface area (Å²) in [7, 11) is 0. The minimum Gasteiger partial charge on any atom is -0.405 e. The average Bonchev–Trinajstić information content (AvgIpc) is 2.44. The summed E-state index contributed by atoms with van der Waals surface area (Å²) in [5.74, 6) is 0. The summed E-state index contributed by atoms with van der Waals surface area (Å²) in [6.07, 6.45) is 8.38. The summed E-state index contributed by atoms with van der Waals surface area (Å²) in [5.41, 5.74) is 10.4. The number of benzene rings is 2. The SMILES string of the molecule is Cc1cccc(-c2cccc(C/C=C\C=C/N)c2)c1. The van der Waals surface area contributed by atoms with Gasteiger partial charge in [0, 0.05) is 0 Å². The van der Waals surface area contributed by atoms with E-state index in [2.05, 4.69) is 61.5 Å². The van der Waals surface area contributed by atoms with Crippen LogP contribution in [-0.2, 0) is 6.42 Å². The fraction of sp³-hybridized carbons (Fsp3) is 0.111. The van der Waals surface area contributed by atoms with Crippen LogP contribution < -0.4 is 5.73 Å². The number of hydrogen-bond donors (Lipinski definition) is 1. The Kier molecular flexibility index (Phi) is 4.57. The fourth-order valence-electron chi connectivity index (χ4n) is 2.05. The molecule has 19 heavy (non-hydrogen) atoms. The molecule has 0 saturated heterocycles. The van der Waals surface area contributed by atoms with Gasteiger partial charge in [-0.25, -0.2) is 0 Å². The van der Waals surface area contributed by atoms with E-state index in [1.807, 2.05) is 12.2 Å². The lowest BCUT2D eigenvalue weighted by Gasteiger charge is -2.05. The molecular formula is C18H19N. The summed E-state index contributed by atoms with van der Waals surface area (Å²) in [5, 5.41) is 0. The Morgan fingerprint density at radius 1 is 0.947 bits per heavy atom. The van der Waals surface area contributed by atoms with Crippen LogP contribution in [0.2, 0.25) is 0 Å². The molecular weight excluding hydrogens is 230 g/mol. The monoisotopic (exact) mass is 249 g/mol. The second kappa shape index (κ2) is 6.60. The molecule has 0 radical (unpaired) electrons. The highest BCUT2D eigenvalue weighted by atomic mass is 14.5. The van der Waals surface area contributed by atoms with Gasteiger partial charge in [-0.05, 0) is 42.3 Å². The third-order valence-corrected chi connectivity index (χ3v) is 2.99. The third-order valence-electron chi connectivity index (χ3n) is 2.99. The van der Waals surface area contributed by atoms with Crippen LogP contribution in [0, 0.1) is 6.92 Å². The van der Waals surface area contributed by atoms with Gasteiger partial charge in [0.15, 0.2) is 0 Å². The zero-order valence-electron chi connectivity index (χ0n) is 11.2. The Hall–Kier alpha value is -2.28. The van der Waals surface area contributed by atoms with Gasteiger partial charge in [-0.15, -0.1) is 0 Å². The first kappa shape index (κ1) is 13.2. The van der Waals surface area contributed by atoms with Crippen molar-refractivity contribution in [2.45, 2.75) is 13.3 Å². The summed E-state index contributed by atoms with van der Waals surface area (Å²) in [6, 6.07) is 17.2. The molecule has 0 unspecified atom stereocenters. The predicted molar refractivity (Wildman–Crippen MR) is 82.8 cm³/mol. The van der Waals surface area contributed by atoms with Gasteiger partial charge >= 0.3 is 0 Å². The van der Waals surface area contributed by atoms with E-state index in [-0.39, 0.29) is 0 Å². The van der Waals surface area contributed by atoms with Gasteiger partial charge in [-0.1, -0.05) is 66.2 Å². The Balaban J connectivity index is 2.19. The maximum absolute atomic E-state index is 5.29. The van der Waals surface area contributed by atoms with Crippen LogP contribution in [0.25, 0.3) is 11.1 Å². The fourth-order valence-corrected chi connectivity index (χ4v) is 2.05. The molecule has 0 aliphatic rings. The van der Waals surface area contributed by atoms with Crippen LogP contribution in [0.1, 0.15) is 11.1 Å². The molecule has 96 valence electrons. The summed E-state index contributed by atoms with van der Waals surface area (Å²) < 4.78 is 0. The third kappa shape index (κ3) is 3.85. The first-order valence-electron chi connectivity index (χ1n) is 6.49. The molecule has 2 aromatic rings. The van der Waals surface area contributed by atoms with Crippen molar-refractivity contribution in [1.82, 2.24) is 0 Å². The lowest BCUT2D eigenvalue weighted by Crippen LogP contribution is -1.84. The zero-order valence-corrected chi connectivity index (χ0v) is 11.2. The largest absolute Gasteiger partial charge is 0.405 e. The minimum atomic E-state index is 0.921. The van der Waals surface area contributed by atoms with Crippen molar-refractivity contribution in [3.05, 3.63) is 84.1 Å². The van der Waals surface area contributed by atoms with Gasteiger partial charge in [0.2, 0.25) is 0 Å². The topological polar surface area (TPSA) is 26.0 Å². The summed E-state index contributed by atoms with van der Waals surface area (Å²) in [4.78, 5) is 0. The minimum absolute atomic E-state index is 0.921. The maximum atomic E-state index is 5.29. The van der Waals surface area contributed by atoms with E-state index in [0.29, 0.717) is 0 Å². The molecule has 1 nitrogen and oxygen atoms in total. The molecule has 0 spiro atoms. The molecule has 2 N–H and O–H groups in total. The van der Waals surface area contributed by atoms with Gasteiger partial charge < -0.3 is 5.73 Å².